The van der Waals surface area contributed by atoms with Gasteiger partial charge in [0, 0.05) is 38.5 Å². The van der Waals surface area contributed by atoms with Crippen LogP contribution in [0.5, 0.6) is 17.2 Å². The molecule has 1 fully saturated rings. The lowest BCUT2D eigenvalue weighted by atomic mass is 10.0. The standard InChI is InChI=1S/C32H33FN6O6/c1-43-28-8-6-20-7-9-30(40)34-16-21-12-22(33)15-23(13-21)45-27-10-11-38(17-26(27)35-31(41)19-44-29(28)14-20)32(42)18-39-36-24-4-2-3-5-25(24)37-39/h2-6,8,12-15,26-27H,7,9-11,16-19H2,1H3,(H,34,40)(H,35,41)/t26-,27-/m1/s1. The number of hydrogen-bond donors (Lipinski definition) is 2. The van der Waals surface area contributed by atoms with E-state index in [1.165, 1.54) is 24.0 Å². The molecule has 45 heavy (non-hydrogen) atoms. The highest BCUT2D eigenvalue weighted by molar-refractivity contribution is 5.79. The average molecular weight is 617 g/mol. The maximum Gasteiger partial charge on any atom is 0.258 e. The number of rotatable bonds is 3. The fraction of sp³-hybridized carbons (Fsp3) is 0.344. The molecule has 1 aromatic heterocycles. The van der Waals surface area contributed by atoms with E-state index in [0.29, 0.717) is 47.5 Å². The summed E-state index contributed by atoms with van der Waals surface area (Å²) >= 11 is 0. The minimum atomic E-state index is -0.637. The third-order valence-electron chi connectivity index (χ3n) is 7.79. The summed E-state index contributed by atoms with van der Waals surface area (Å²) in [6, 6.07) is 16.3. The van der Waals surface area contributed by atoms with E-state index in [4.69, 9.17) is 14.2 Å². The summed E-state index contributed by atoms with van der Waals surface area (Å²) in [4.78, 5) is 42.1. The number of amides is 3. The van der Waals surface area contributed by atoms with Crippen molar-refractivity contribution in [3.63, 3.8) is 0 Å². The van der Waals surface area contributed by atoms with Crippen LogP contribution in [0.2, 0.25) is 0 Å². The van der Waals surface area contributed by atoms with Gasteiger partial charge in [-0.3, -0.25) is 14.4 Å². The molecule has 3 amide bonds. The van der Waals surface area contributed by atoms with Gasteiger partial charge in [-0.1, -0.05) is 18.2 Å². The molecule has 3 aromatic carbocycles. The zero-order valence-electron chi connectivity index (χ0n) is 24.7. The fourth-order valence-electron chi connectivity index (χ4n) is 5.53. The van der Waals surface area contributed by atoms with E-state index in [1.54, 1.807) is 23.1 Å². The smallest absolute Gasteiger partial charge is 0.258 e. The Hall–Kier alpha value is -5.20. The Bertz CT molecular complexity index is 1690. The lowest BCUT2D eigenvalue weighted by molar-refractivity contribution is -0.136. The van der Waals surface area contributed by atoms with Crippen LogP contribution in [0.1, 0.15) is 24.0 Å². The van der Waals surface area contributed by atoms with Crippen LogP contribution in [-0.4, -0.2) is 76.6 Å². The minimum absolute atomic E-state index is 0.0703. The van der Waals surface area contributed by atoms with E-state index in [1.807, 2.05) is 30.3 Å². The second-order valence-electron chi connectivity index (χ2n) is 11.0. The molecule has 2 aliphatic rings. The highest BCUT2D eigenvalue weighted by Crippen LogP contribution is 2.29. The number of likely N-dealkylation sites (tertiary alicyclic amines) is 1. The molecule has 12 nitrogen and oxygen atoms in total. The Labute approximate surface area is 258 Å². The second-order valence-corrected chi connectivity index (χ2v) is 11.0. The van der Waals surface area contributed by atoms with Gasteiger partial charge in [-0.25, -0.2) is 4.39 Å². The summed E-state index contributed by atoms with van der Waals surface area (Å²) in [5.74, 6) is -0.299. The molecule has 0 radical (unpaired) electrons. The number of aromatic nitrogens is 3. The van der Waals surface area contributed by atoms with Crippen molar-refractivity contribution in [2.45, 2.75) is 44.5 Å². The molecule has 13 heteroatoms. The Kier molecular flexibility index (Phi) is 8.76. The van der Waals surface area contributed by atoms with Crippen LogP contribution in [0.15, 0.2) is 60.7 Å². The summed E-state index contributed by atoms with van der Waals surface area (Å²) in [5, 5.41) is 14.5. The van der Waals surface area contributed by atoms with Gasteiger partial charge in [0.05, 0.1) is 13.2 Å². The number of carbonyl (C=O) groups excluding carboxylic acids is 3. The van der Waals surface area contributed by atoms with Crippen molar-refractivity contribution in [3.8, 4) is 17.2 Å². The van der Waals surface area contributed by atoms with Crippen molar-refractivity contribution in [1.82, 2.24) is 30.5 Å². The Morgan fingerprint density at radius 3 is 2.60 bits per heavy atom. The third kappa shape index (κ3) is 7.31. The van der Waals surface area contributed by atoms with Crippen molar-refractivity contribution in [1.29, 1.82) is 0 Å². The lowest BCUT2D eigenvalue weighted by Crippen LogP contribution is -2.59. The van der Waals surface area contributed by atoms with Gasteiger partial charge in [0.25, 0.3) is 5.91 Å². The van der Waals surface area contributed by atoms with Gasteiger partial charge in [-0.05, 0) is 53.9 Å². The number of methoxy groups -OCH3 is 1. The number of aryl methyl sites for hydroxylation is 1. The van der Waals surface area contributed by atoms with Crippen LogP contribution in [-0.2, 0) is 33.9 Å². The van der Waals surface area contributed by atoms with Crippen molar-refractivity contribution >= 4 is 28.8 Å². The second kappa shape index (κ2) is 13.2. The van der Waals surface area contributed by atoms with Crippen LogP contribution < -0.4 is 24.8 Å². The van der Waals surface area contributed by atoms with Gasteiger partial charge in [0.1, 0.15) is 35.2 Å². The normalized spacial score (nSPS) is 19.2. The van der Waals surface area contributed by atoms with E-state index >= 15 is 0 Å². The minimum Gasteiger partial charge on any atom is -0.493 e. The number of hydrogen-bond acceptors (Lipinski definition) is 8. The van der Waals surface area contributed by atoms with E-state index in [-0.39, 0.29) is 50.2 Å². The molecule has 0 spiro atoms. The Morgan fingerprint density at radius 1 is 1.02 bits per heavy atom. The molecule has 6 rings (SSSR count). The quantitative estimate of drug-likeness (QED) is 0.358. The molecule has 2 N–H and O–H groups in total. The van der Waals surface area contributed by atoms with Crippen molar-refractivity contribution in [2.75, 3.05) is 26.8 Å². The number of nitrogens with one attached hydrogen (secondary N) is 2. The van der Waals surface area contributed by atoms with Crippen molar-refractivity contribution < 1.29 is 33.0 Å². The number of benzene rings is 3. The van der Waals surface area contributed by atoms with Gasteiger partial charge < -0.3 is 29.7 Å². The van der Waals surface area contributed by atoms with E-state index in [0.717, 1.165) is 5.56 Å². The molecule has 1 saturated heterocycles. The van der Waals surface area contributed by atoms with E-state index in [9.17, 15) is 18.8 Å². The topological polar surface area (TPSA) is 137 Å². The first kappa shape index (κ1) is 29.9. The first-order chi connectivity index (χ1) is 21.8. The van der Waals surface area contributed by atoms with E-state index in [2.05, 4.69) is 20.8 Å². The first-order valence-corrected chi connectivity index (χ1v) is 14.7. The number of ether oxygens (including phenoxy) is 3. The van der Waals surface area contributed by atoms with Gasteiger partial charge in [0.2, 0.25) is 11.8 Å². The summed E-state index contributed by atoms with van der Waals surface area (Å²) in [6.07, 6.45) is 0.416. The van der Waals surface area contributed by atoms with Gasteiger partial charge >= 0.3 is 0 Å². The molecule has 2 atom stereocenters. The van der Waals surface area contributed by atoms with Crippen LogP contribution in [0, 0.1) is 5.82 Å². The number of halogens is 1. The Balaban J connectivity index is 1.23. The molecule has 0 aliphatic carbocycles. The summed E-state index contributed by atoms with van der Waals surface area (Å²) in [5.41, 5.74) is 2.73. The number of carbonyl (C=O) groups is 3. The number of piperidine rings is 1. The van der Waals surface area contributed by atoms with Gasteiger partial charge in [0.15, 0.2) is 18.1 Å². The average Bonchev–Trinajstić information content (AvgIpc) is 3.44. The van der Waals surface area contributed by atoms with Gasteiger partial charge in [-0.15, -0.1) is 0 Å². The lowest BCUT2D eigenvalue weighted by Gasteiger charge is -2.38. The predicted octanol–water partition coefficient (Wildman–Crippen LogP) is 2.39. The molecule has 4 bridgehead atoms. The summed E-state index contributed by atoms with van der Waals surface area (Å²) in [6.45, 7) is 0.209. The predicted molar refractivity (Wildman–Crippen MR) is 160 cm³/mol. The van der Waals surface area contributed by atoms with Gasteiger partial charge in [-0.2, -0.15) is 15.0 Å². The first-order valence-electron chi connectivity index (χ1n) is 14.7. The molecule has 0 unspecified atom stereocenters. The molecule has 0 saturated carbocycles. The highest BCUT2D eigenvalue weighted by atomic mass is 19.1. The van der Waals surface area contributed by atoms with Crippen molar-refractivity contribution in [3.05, 3.63) is 77.6 Å². The highest BCUT2D eigenvalue weighted by Gasteiger charge is 2.34. The molecule has 4 aromatic rings. The molecular formula is C32H33FN6O6. The largest absolute Gasteiger partial charge is 0.493 e. The molecule has 234 valence electrons. The van der Waals surface area contributed by atoms with Crippen LogP contribution in [0.3, 0.4) is 0 Å². The van der Waals surface area contributed by atoms with Crippen LogP contribution in [0.25, 0.3) is 11.0 Å². The van der Waals surface area contributed by atoms with Crippen LogP contribution in [0.4, 0.5) is 4.39 Å². The van der Waals surface area contributed by atoms with Crippen LogP contribution >= 0.6 is 0 Å². The molecular weight excluding hydrogens is 583 g/mol. The van der Waals surface area contributed by atoms with Crippen molar-refractivity contribution in [2.24, 2.45) is 0 Å². The Morgan fingerprint density at radius 2 is 1.82 bits per heavy atom. The molecule has 3 heterocycles. The third-order valence-corrected chi connectivity index (χ3v) is 7.79. The maximum absolute atomic E-state index is 14.6. The van der Waals surface area contributed by atoms with E-state index < -0.39 is 23.9 Å². The summed E-state index contributed by atoms with van der Waals surface area (Å²) in [7, 11) is 1.50. The zero-order valence-corrected chi connectivity index (χ0v) is 24.7. The summed E-state index contributed by atoms with van der Waals surface area (Å²) < 4.78 is 32.1. The number of fused-ring (bicyclic) bond motifs is 6. The maximum atomic E-state index is 14.6. The number of nitrogens with zero attached hydrogens (tertiary/aromatic N) is 4. The zero-order chi connectivity index (χ0) is 31.3. The SMILES string of the molecule is COc1ccc2cc1OCC(=O)N[C@@H]1CN(C(=O)Cn3nc4ccccc4n3)CC[C@H]1Oc1cc(F)cc(c1)CNC(=O)CC2. The molecule has 2 aliphatic heterocycles. The fourth-order valence-corrected chi connectivity index (χ4v) is 5.53. The monoisotopic (exact) mass is 616 g/mol.